The summed E-state index contributed by atoms with van der Waals surface area (Å²) in [5.41, 5.74) is 5.91. The Kier molecular flexibility index (Phi) is 7.16. The molecule has 4 heterocycles. The van der Waals surface area contributed by atoms with Gasteiger partial charge >= 0.3 is 0 Å². The molecule has 1 saturated heterocycles. The number of aryl methyl sites for hydroxylation is 2. The van der Waals surface area contributed by atoms with Gasteiger partial charge in [-0.1, -0.05) is 6.07 Å². The Bertz CT molecular complexity index is 1480. The minimum absolute atomic E-state index is 0.150. The number of carbonyl (C=O) groups is 1. The third-order valence-corrected chi connectivity index (χ3v) is 7.74. The molecule has 1 amide bonds. The van der Waals surface area contributed by atoms with E-state index in [1.807, 2.05) is 26.2 Å². The number of nitrogens with one attached hydrogen (secondary N) is 1. The predicted octanol–water partition coefficient (Wildman–Crippen LogP) is 3.70. The van der Waals surface area contributed by atoms with Crippen LogP contribution in [0.3, 0.4) is 0 Å². The van der Waals surface area contributed by atoms with Crippen molar-refractivity contribution in [1.29, 1.82) is 0 Å². The van der Waals surface area contributed by atoms with Gasteiger partial charge in [0.15, 0.2) is 0 Å². The molecule has 0 bridgehead atoms. The van der Waals surface area contributed by atoms with Crippen LogP contribution in [0.15, 0.2) is 42.7 Å². The Morgan fingerprint density at radius 1 is 1.10 bits per heavy atom. The smallest absolute Gasteiger partial charge is 0.258 e. The van der Waals surface area contributed by atoms with Crippen molar-refractivity contribution in [2.24, 2.45) is 7.05 Å². The predicted molar refractivity (Wildman–Crippen MR) is 148 cm³/mol. The van der Waals surface area contributed by atoms with Crippen LogP contribution in [-0.4, -0.2) is 72.6 Å². The molecule has 3 aromatic heterocycles. The Labute approximate surface area is 227 Å². The topological polar surface area (TPSA) is 110 Å². The van der Waals surface area contributed by atoms with Crippen molar-refractivity contribution in [3.8, 4) is 11.3 Å². The van der Waals surface area contributed by atoms with Crippen molar-refractivity contribution < 1.29 is 14.6 Å². The van der Waals surface area contributed by atoms with Crippen LogP contribution < -0.4 is 5.32 Å². The number of hydrogen-bond acceptors (Lipinski definition) is 7. The Hall–Kier alpha value is -3.60. The fourth-order valence-electron chi connectivity index (χ4n) is 5.70. The lowest BCUT2D eigenvalue weighted by atomic mass is 9.93. The molecule has 6 rings (SSSR count). The van der Waals surface area contributed by atoms with E-state index in [-0.39, 0.29) is 18.1 Å². The van der Waals surface area contributed by atoms with E-state index in [9.17, 15) is 9.90 Å². The summed E-state index contributed by atoms with van der Waals surface area (Å²) < 4.78 is 9.40. The maximum absolute atomic E-state index is 13.6. The van der Waals surface area contributed by atoms with Crippen LogP contribution in [0.25, 0.3) is 22.3 Å². The van der Waals surface area contributed by atoms with Gasteiger partial charge in [-0.25, -0.2) is 4.98 Å². The first-order valence-electron chi connectivity index (χ1n) is 13.7. The highest BCUT2D eigenvalue weighted by molar-refractivity contribution is 6.04. The lowest BCUT2D eigenvalue weighted by molar-refractivity contribution is 0.0342. The van der Waals surface area contributed by atoms with Crippen LogP contribution in [0.2, 0.25) is 0 Å². The Morgan fingerprint density at radius 2 is 1.90 bits per heavy atom. The van der Waals surface area contributed by atoms with Gasteiger partial charge in [0.2, 0.25) is 5.95 Å². The van der Waals surface area contributed by atoms with Crippen LogP contribution >= 0.6 is 0 Å². The number of hydrogen-bond donors (Lipinski definition) is 2. The van der Waals surface area contributed by atoms with E-state index < -0.39 is 0 Å². The van der Waals surface area contributed by atoms with E-state index in [1.54, 1.807) is 23.0 Å². The van der Waals surface area contributed by atoms with E-state index in [0.29, 0.717) is 17.2 Å². The second-order valence-corrected chi connectivity index (χ2v) is 10.7. The molecule has 10 nitrogen and oxygen atoms in total. The van der Waals surface area contributed by atoms with Crippen molar-refractivity contribution in [3.63, 3.8) is 0 Å². The normalized spacial score (nSPS) is 20.4. The molecule has 10 heteroatoms. The molecule has 1 aromatic carbocycles. The second kappa shape index (κ2) is 10.9. The van der Waals surface area contributed by atoms with Gasteiger partial charge in [-0.2, -0.15) is 5.10 Å². The first kappa shape index (κ1) is 25.7. The number of aliphatic hydroxyl groups excluding tert-OH is 1. The maximum atomic E-state index is 13.6. The van der Waals surface area contributed by atoms with Gasteiger partial charge in [-0.3, -0.25) is 24.7 Å². The molecule has 0 unspecified atom stereocenters. The molecular formula is C29H35N7O3. The molecule has 4 aromatic rings. The van der Waals surface area contributed by atoms with Crippen LogP contribution in [0, 0.1) is 6.92 Å². The zero-order valence-electron chi connectivity index (χ0n) is 22.5. The third kappa shape index (κ3) is 5.59. The zero-order valence-corrected chi connectivity index (χ0v) is 22.5. The number of carbonyl (C=O) groups excluding carboxylic acids is 1. The van der Waals surface area contributed by atoms with Crippen LogP contribution in [0.1, 0.15) is 53.3 Å². The quantitative estimate of drug-likeness (QED) is 0.392. The molecule has 0 radical (unpaired) electrons. The summed E-state index contributed by atoms with van der Waals surface area (Å²) in [5.74, 6) is 0.309. The summed E-state index contributed by atoms with van der Waals surface area (Å²) in [5, 5.41) is 17.5. The average molecular weight is 530 g/mol. The van der Waals surface area contributed by atoms with Gasteiger partial charge in [0.1, 0.15) is 0 Å². The molecule has 1 aliphatic heterocycles. The zero-order chi connectivity index (χ0) is 26.9. The number of anilines is 1. The second-order valence-electron chi connectivity index (χ2n) is 10.7. The summed E-state index contributed by atoms with van der Waals surface area (Å²) in [6, 6.07) is 10.1. The standard InChI is InChI=1S/C29H35N7O3/c1-19-13-21(15-26(31-19)22-16-30-34(2)18-22)28(38)33-29-32-25-8-3-20(17-35-9-11-39-12-10-35)14-27(25)36(29)23-4-6-24(37)7-5-23/h3,8,13-16,18,23-24,37H,4-7,9-12,17H2,1-2H3,(H,32,33,38). The summed E-state index contributed by atoms with van der Waals surface area (Å²) in [4.78, 5) is 25.5. The van der Waals surface area contributed by atoms with E-state index in [2.05, 4.69) is 37.0 Å². The van der Waals surface area contributed by atoms with Crippen LogP contribution in [0.4, 0.5) is 5.95 Å². The van der Waals surface area contributed by atoms with E-state index in [4.69, 9.17) is 9.72 Å². The van der Waals surface area contributed by atoms with Crippen molar-refractivity contribution >= 4 is 22.9 Å². The number of imidazole rings is 1. The first-order valence-corrected chi connectivity index (χ1v) is 13.7. The number of amides is 1. The molecule has 39 heavy (non-hydrogen) atoms. The van der Waals surface area contributed by atoms with Crippen LogP contribution in [-0.2, 0) is 18.3 Å². The SMILES string of the molecule is Cc1cc(C(=O)Nc2nc3ccc(CN4CCOCC4)cc3n2C2CCC(O)CC2)cc(-c2cnn(C)c2)n1. The van der Waals surface area contributed by atoms with Gasteiger partial charge in [-0.05, 0) is 62.4 Å². The van der Waals surface area contributed by atoms with E-state index in [0.717, 1.165) is 80.8 Å². The molecule has 2 aliphatic rings. The third-order valence-electron chi connectivity index (χ3n) is 7.74. The van der Waals surface area contributed by atoms with Gasteiger partial charge in [0.05, 0.1) is 42.2 Å². The molecule has 1 aliphatic carbocycles. The highest BCUT2D eigenvalue weighted by atomic mass is 16.5. The number of fused-ring (bicyclic) bond motifs is 1. The fourth-order valence-corrected chi connectivity index (χ4v) is 5.70. The summed E-state index contributed by atoms with van der Waals surface area (Å²) in [7, 11) is 1.86. The molecule has 204 valence electrons. The molecule has 2 fully saturated rings. The van der Waals surface area contributed by atoms with Gasteiger partial charge in [0.25, 0.3) is 5.91 Å². The number of ether oxygens (including phenoxy) is 1. The number of pyridine rings is 1. The number of benzene rings is 1. The molecular weight excluding hydrogens is 494 g/mol. The largest absolute Gasteiger partial charge is 0.393 e. The number of nitrogens with zero attached hydrogens (tertiary/aromatic N) is 6. The van der Waals surface area contributed by atoms with Gasteiger partial charge in [0, 0.05) is 55.7 Å². The molecule has 0 spiro atoms. The van der Waals surface area contributed by atoms with Crippen molar-refractivity contribution in [3.05, 3.63) is 59.5 Å². The average Bonchev–Trinajstić information content (AvgIpc) is 3.52. The summed E-state index contributed by atoms with van der Waals surface area (Å²) in [6.07, 6.45) is 6.51. The minimum Gasteiger partial charge on any atom is -0.393 e. The number of aliphatic hydroxyl groups is 1. The lowest BCUT2D eigenvalue weighted by Crippen LogP contribution is -2.35. The molecule has 0 atom stereocenters. The fraction of sp³-hybridized carbons (Fsp3) is 0.448. The molecule has 2 N–H and O–H groups in total. The number of aromatic nitrogens is 5. The first-order chi connectivity index (χ1) is 18.9. The number of morpholine rings is 1. The molecule has 1 saturated carbocycles. The van der Waals surface area contributed by atoms with E-state index in [1.165, 1.54) is 5.56 Å². The van der Waals surface area contributed by atoms with Gasteiger partial charge in [-0.15, -0.1) is 0 Å². The summed E-state index contributed by atoms with van der Waals surface area (Å²) >= 11 is 0. The number of rotatable bonds is 6. The summed E-state index contributed by atoms with van der Waals surface area (Å²) in [6.45, 7) is 6.10. The Morgan fingerprint density at radius 3 is 2.64 bits per heavy atom. The monoisotopic (exact) mass is 529 g/mol. The van der Waals surface area contributed by atoms with Gasteiger partial charge < -0.3 is 14.4 Å². The lowest BCUT2D eigenvalue weighted by Gasteiger charge is -2.28. The highest BCUT2D eigenvalue weighted by Gasteiger charge is 2.26. The van der Waals surface area contributed by atoms with Crippen molar-refractivity contribution in [2.75, 3.05) is 31.6 Å². The minimum atomic E-state index is -0.267. The van der Waals surface area contributed by atoms with E-state index >= 15 is 0 Å². The van der Waals surface area contributed by atoms with Crippen molar-refractivity contribution in [2.45, 2.75) is 51.3 Å². The maximum Gasteiger partial charge on any atom is 0.258 e. The van der Waals surface area contributed by atoms with Crippen molar-refractivity contribution in [1.82, 2.24) is 29.2 Å². The van der Waals surface area contributed by atoms with Crippen LogP contribution in [0.5, 0.6) is 0 Å². The highest BCUT2D eigenvalue weighted by Crippen LogP contribution is 2.35. The Balaban J connectivity index is 1.33.